The molecule has 17 unspecified atom stereocenters. The first kappa shape index (κ1) is 79.9. The van der Waals surface area contributed by atoms with Gasteiger partial charge in [0.1, 0.15) is 73.2 Å². The number of nitrogens with one attached hydrogen (secondary N) is 1. The summed E-state index contributed by atoms with van der Waals surface area (Å²) in [4.78, 5) is 13.4. The van der Waals surface area contributed by atoms with Gasteiger partial charge in [0.25, 0.3) is 0 Å². The number of hydrogen-bond donors (Lipinski definition) is 12. The summed E-state index contributed by atoms with van der Waals surface area (Å²) in [5.74, 6) is -0.298. The molecule has 0 spiro atoms. The normalized spacial score (nSPS) is 28.8. The lowest BCUT2D eigenvalue weighted by molar-refractivity contribution is -0.379. The summed E-state index contributed by atoms with van der Waals surface area (Å²) in [6.07, 6.45) is 39.4. The molecule has 1 amide bonds. The monoisotopic (exact) mass is 1260 g/mol. The highest BCUT2D eigenvalue weighted by atomic mass is 16.8. The Labute approximate surface area is 533 Å². The summed E-state index contributed by atoms with van der Waals surface area (Å²) < 4.78 is 34.3. The molecule has 0 saturated carbocycles. The summed E-state index contributed by atoms with van der Waals surface area (Å²) in [5, 5.41) is 120. The minimum Gasteiger partial charge on any atom is -0.394 e. The molecule has 17 atom stereocenters. The van der Waals surface area contributed by atoms with Gasteiger partial charge in [0.05, 0.1) is 38.6 Å². The zero-order valence-electron chi connectivity index (χ0n) is 53.9. The largest absolute Gasteiger partial charge is 0.394 e. The van der Waals surface area contributed by atoms with Crippen molar-refractivity contribution in [2.45, 2.75) is 311 Å². The van der Waals surface area contributed by atoms with Gasteiger partial charge in [-0.3, -0.25) is 4.79 Å². The van der Waals surface area contributed by atoms with Gasteiger partial charge in [-0.05, 0) is 77.0 Å². The lowest BCUT2D eigenvalue weighted by Crippen LogP contribution is -2.66. The molecule has 19 heteroatoms. The minimum atomic E-state index is -1.98. The molecule has 0 radical (unpaired) electrons. The van der Waals surface area contributed by atoms with E-state index in [1.807, 2.05) is 6.08 Å². The van der Waals surface area contributed by atoms with Crippen molar-refractivity contribution in [2.75, 3.05) is 26.4 Å². The molecule has 0 aliphatic carbocycles. The van der Waals surface area contributed by atoms with Crippen LogP contribution in [0.15, 0.2) is 97.2 Å². The average Bonchev–Trinajstić information content (AvgIpc) is 2.46. The summed E-state index contributed by atoms with van der Waals surface area (Å²) in [6.45, 7) is 1.59. The van der Waals surface area contributed by atoms with Crippen molar-refractivity contribution >= 4 is 5.91 Å². The Morgan fingerprint density at radius 1 is 0.416 bits per heavy atom. The Hall–Kier alpha value is -3.29. The van der Waals surface area contributed by atoms with Gasteiger partial charge in [0.2, 0.25) is 5.91 Å². The van der Waals surface area contributed by atoms with Crippen molar-refractivity contribution in [3.8, 4) is 0 Å². The first-order chi connectivity index (χ1) is 43.3. The Kier molecular flexibility index (Phi) is 46.0. The van der Waals surface area contributed by atoms with Gasteiger partial charge in [-0.2, -0.15) is 0 Å². The van der Waals surface area contributed by atoms with Crippen LogP contribution in [0.4, 0.5) is 0 Å². The van der Waals surface area contributed by atoms with Crippen molar-refractivity contribution in [1.82, 2.24) is 5.32 Å². The van der Waals surface area contributed by atoms with Gasteiger partial charge in [-0.15, -0.1) is 0 Å². The van der Waals surface area contributed by atoms with E-state index < -0.39 is 124 Å². The second-order valence-corrected chi connectivity index (χ2v) is 23.9. The molecule has 3 rings (SSSR count). The molecule has 3 aliphatic heterocycles. The number of carbonyl (C=O) groups is 1. The Morgan fingerprint density at radius 2 is 0.775 bits per heavy atom. The maximum atomic E-state index is 13.4. The molecule has 0 bridgehead atoms. The second kappa shape index (κ2) is 51.2. The van der Waals surface area contributed by atoms with Crippen LogP contribution < -0.4 is 5.32 Å². The van der Waals surface area contributed by atoms with Gasteiger partial charge in [0, 0.05) is 6.42 Å². The van der Waals surface area contributed by atoms with Crippen molar-refractivity contribution < 1.29 is 89.4 Å². The minimum absolute atomic E-state index is 0.215. The van der Waals surface area contributed by atoms with Crippen molar-refractivity contribution in [2.24, 2.45) is 0 Å². The third kappa shape index (κ3) is 33.4. The average molecular weight is 1260 g/mol. The summed E-state index contributed by atoms with van der Waals surface area (Å²) in [5.41, 5.74) is 0. The number of carbonyl (C=O) groups excluding carboxylic acids is 1. The highest BCUT2D eigenvalue weighted by molar-refractivity contribution is 5.76. The SMILES string of the molecule is CC/C=C\C/C=C\C/C=C\C/C=C\C/C=C\C/C=C\C/C=C\CCCCCCCC(=O)NC(COC1OC(CO)C(OC2OC(CO)C(OC3OC(CO)C(O)C(O)C3O)C(O)C2O)C(O)C1O)C(O)/C=C/CCCCCCCCCCCCCCCCC. The number of aliphatic hydroxyl groups is 11. The smallest absolute Gasteiger partial charge is 0.220 e. The molecule has 3 heterocycles. The van der Waals surface area contributed by atoms with Gasteiger partial charge >= 0.3 is 0 Å². The molecule has 89 heavy (non-hydrogen) atoms. The van der Waals surface area contributed by atoms with Crippen LogP contribution in [0.2, 0.25) is 0 Å². The molecule has 3 fully saturated rings. The third-order valence-electron chi connectivity index (χ3n) is 16.4. The van der Waals surface area contributed by atoms with Crippen LogP contribution in [0.3, 0.4) is 0 Å². The maximum Gasteiger partial charge on any atom is 0.220 e. The van der Waals surface area contributed by atoms with Crippen LogP contribution in [0, 0.1) is 0 Å². The molecule has 512 valence electrons. The van der Waals surface area contributed by atoms with E-state index in [0.717, 1.165) is 103 Å². The van der Waals surface area contributed by atoms with Gasteiger partial charge < -0.3 is 89.9 Å². The predicted molar refractivity (Wildman–Crippen MR) is 346 cm³/mol. The predicted octanol–water partition coefficient (Wildman–Crippen LogP) is 8.49. The van der Waals surface area contributed by atoms with Gasteiger partial charge in [-0.25, -0.2) is 0 Å². The highest BCUT2D eigenvalue weighted by Crippen LogP contribution is 2.33. The topological polar surface area (TPSA) is 307 Å². The van der Waals surface area contributed by atoms with Crippen molar-refractivity contribution in [1.29, 1.82) is 0 Å². The van der Waals surface area contributed by atoms with Crippen LogP contribution in [0.5, 0.6) is 0 Å². The standard InChI is InChI=1S/C70H119NO18/c1-3-5-7-9-11-13-15-17-19-21-22-23-24-25-26-27-28-29-30-32-34-36-38-40-42-44-46-48-58(76)71-53(54(75)47-45-43-41-39-37-35-33-31-20-18-16-14-12-10-8-6-4-2)52-84-68-64(82)61(79)66(56(50-73)86-68)89-70-65(83)62(80)67(57(51-74)87-70)88-69-63(81)60(78)59(77)55(49-72)85-69/h5,7,11,13,17,19,22-23,25-26,28-29,32,34,45,47,53-57,59-70,72-75,77-83H,3-4,6,8-10,12,14-16,18,20-21,24,27,30-31,33,35-44,46,48-52H2,1-2H3,(H,71,76)/b7-5-,13-11-,19-17-,23-22-,26-25-,29-28-,34-32-,47-45+. The number of ether oxygens (including phenoxy) is 6. The van der Waals surface area contributed by atoms with Crippen molar-refractivity contribution in [3.05, 3.63) is 97.2 Å². The number of aliphatic hydroxyl groups excluding tert-OH is 11. The fourth-order valence-corrected chi connectivity index (χ4v) is 10.9. The van der Waals surface area contributed by atoms with E-state index in [0.29, 0.717) is 6.42 Å². The number of hydrogen-bond acceptors (Lipinski definition) is 18. The molecule has 0 aromatic carbocycles. The van der Waals surface area contributed by atoms with E-state index in [9.17, 15) is 61.0 Å². The van der Waals surface area contributed by atoms with Crippen LogP contribution in [-0.2, 0) is 33.2 Å². The van der Waals surface area contributed by atoms with E-state index in [2.05, 4.69) is 104 Å². The lowest BCUT2D eigenvalue weighted by atomic mass is 9.96. The van der Waals surface area contributed by atoms with Gasteiger partial charge in [0.15, 0.2) is 18.9 Å². The Balaban J connectivity index is 1.46. The van der Waals surface area contributed by atoms with Crippen LogP contribution in [0.25, 0.3) is 0 Å². The quantitative estimate of drug-likeness (QED) is 0.0201. The van der Waals surface area contributed by atoms with E-state index in [1.54, 1.807) is 6.08 Å². The molecular formula is C70H119NO18. The molecule has 0 aromatic rings. The number of allylic oxidation sites excluding steroid dienone is 15. The fourth-order valence-electron chi connectivity index (χ4n) is 10.9. The molecule has 19 nitrogen and oxygen atoms in total. The third-order valence-corrected chi connectivity index (χ3v) is 16.4. The summed E-state index contributed by atoms with van der Waals surface area (Å²) >= 11 is 0. The molecule has 0 aromatic heterocycles. The number of unbranched alkanes of at least 4 members (excludes halogenated alkanes) is 20. The number of amides is 1. The van der Waals surface area contributed by atoms with Gasteiger partial charge in [-0.1, -0.05) is 220 Å². The highest BCUT2D eigenvalue weighted by Gasteiger charge is 2.53. The maximum absolute atomic E-state index is 13.4. The first-order valence-electron chi connectivity index (χ1n) is 34.0. The molecule has 3 saturated heterocycles. The van der Waals surface area contributed by atoms with Crippen LogP contribution >= 0.6 is 0 Å². The molecule has 3 aliphatic rings. The summed E-state index contributed by atoms with van der Waals surface area (Å²) in [6, 6.07) is -0.991. The molecule has 12 N–H and O–H groups in total. The zero-order chi connectivity index (χ0) is 64.7. The van der Waals surface area contributed by atoms with E-state index in [-0.39, 0.29) is 18.9 Å². The Bertz CT molecular complexity index is 1990. The van der Waals surface area contributed by atoms with E-state index in [4.69, 9.17) is 28.4 Å². The number of rotatable bonds is 50. The summed E-state index contributed by atoms with van der Waals surface area (Å²) in [7, 11) is 0. The first-order valence-corrected chi connectivity index (χ1v) is 34.0. The zero-order valence-corrected chi connectivity index (χ0v) is 53.9. The second-order valence-electron chi connectivity index (χ2n) is 23.9. The lowest BCUT2D eigenvalue weighted by Gasteiger charge is -2.48. The fraction of sp³-hybridized carbons (Fsp3) is 0.757. The van der Waals surface area contributed by atoms with Crippen LogP contribution in [-0.4, -0.2) is 193 Å². The Morgan fingerprint density at radius 3 is 1.21 bits per heavy atom. The van der Waals surface area contributed by atoms with Crippen LogP contribution in [0.1, 0.15) is 206 Å². The van der Waals surface area contributed by atoms with Crippen molar-refractivity contribution in [3.63, 3.8) is 0 Å². The van der Waals surface area contributed by atoms with E-state index >= 15 is 0 Å². The van der Waals surface area contributed by atoms with E-state index in [1.165, 1.54) is 77.0 Å². The molecular weight excluding hydrogens is 1140 g/mol.